The van der Waals surface area contributed by atoms with Gasteiger partial charge in [0.15, 0.2) is 5.82 Å². The first-order chi connectivity index (χ1) is 14.3. The van der Waals surface area contributed by atoms with Crippen molar-refractivity contribution < 1.29 is 21.6 Å². The highest BCUT2D eigenvalue weighted by Gasteiger charge is 2.31. The minimum atomic E-state index is -4.15. The molecule has 0 saturated carbocycles. The largest absolute Gasteiger partial charge is 0.293 e. The number of halogens is 3. The number of rotatable bonds is 5. The van der Waals surface area contributed by atoms with Crippen LogP contribution in [-0.2, 0) is 16.6 Å². The lowest BCUT2D eigenvalue weighted by molar-refractivity contribution is 0.176. The van der Waals surface area contributed by atoms with Crippen molar-refractivity contribution in [2.45, 2.75) is 11.4 Å². The lowest BCUT2D eigenvalue weighted by Gasteiger charge is -2.33. The van der Waals surface area contributed by atoms with Crippen molar-refractivity contribution >= 4 is 10.0 Å². The topological polar surface area (TPSA) is 84.2 Å². The van der Waals surface area contributed by atoms with E-state index < -0.39 is 32.4 Å². The van der Waals surface area contributed by atoms with Gasteiger partial charge in [0, 0.05) is 26.2 Å². The van der Waals surface area contributed by atoms with Crippen molar-refractivity contribution in [3.8, 4) is 5.69 Å². The van der Waals surface area contributed by atoms with E-state index in [1.807, 2.05) is 4.90 Å². The van der Waals surface area contributed by atoms with E-state index in [2.05, 4.69) is 15.5 Å². The second-order valence-electron chi connectivity index (χ2n) is 6.74. The molecule has 0 bridgehead atoms. The normalized spacial score (nSPS) is 16.1. The monoisotopic (exact) mass is 438 g/mol. The van der Waals surface area contributed by atoms with Crippen LogP contribution in [0, 0.1) is 17.5 Å². The molecule has 1 aliphatic rings. The fraction of sp³-hybridized carbons (Fsp3) is 0.278. The maximum Gasteiger partial charge on any atom is 0.246 e. The van der Waals surface area contributed by atoms with Crippen LogP contribution >= 0.6 is 0 Å². The Labute approximate surface area is 170 Å². The Morgan fingerprint density at radius 2 is 1.67 bits per heavy atom. The molecule has 30 heavy (non-hydrogen) atoms. The highest BCUT2D eigenvalue weighted by Crippen LogP contribution is 2.22. The second kappa shape index (κ2) is 8.13. The molecule has 12 heteroatoms. The van der Waals surface area contributed by atoms with Gasteiger partial charge in [0.25, 0.3) is 0 Å². The van der Waals surface area contributed by atoms with E-state index in [4.69, 9.17) is 0 Å². The zero-order chi connectivity index (χ0) is 21.3. The summed E-state index contributed by atoms with van der Waals surface area (Å²) in [5, 5.41) is 11.5. The molecule has 8 nitrogen and oxygen atoms in total. The zero-order valence-electron chi connectivity index (χ0n) is 15.6. The number of benzene rings is 2. The number of piperazine rings is 1. The average molecular weight is 438 g/mol. The van der Waals surface area contributed by atoms with E-state index >= 15 is 0 Å². The summed E-state index contributed by atoms with van der Waals surface area (Å²) in [5.41, 5.74) is 0.470. The van der Waals surface area contributed by atoms with Gasteiger partial charge in [0.1, 0.15) is 22.3 Å². The number of sulfonamides is 1. The van der Waals surface area contributed by atoms with Crippen LogP contribution < -0.4 is 0 Å². The van der Waals surface area contributed by atoms with E-state index in [1.165, 1.54) is 16.8 Å². The van der Waals surface area contributed by atoms with Crippen LogP contribution in [0.25, 0.3) is 5.69 Å². The minimum Gasteiger partial charge on any atom is -0.293 e. The predicted molar refractivity (Wildman–Crippen MR) is 99.5 cm³/mol. The third-order valence-corrected chi connectivity index (χ3v) is 6.71. The van der Waals surface area contributed by atoms with Gasteiger partial charge in [-0.25, -0.2) is 21.6 Å². The molecule has 3 aromatic rings. The molecule has 2 heterocycles. The fourth-order valence-corrected chi connectivity index (χ4v) is 4.75. The summed E-state index contributed by atoms with van der Waals surface area (Å²) in [7, 11) is -4.15. The molecule has 0 N–H and O–H groups in total. The molecule has 0 radical (unpaired) electrons. The third-order valence-electron chi connectivity index (χ3n) is 4.79. The summed E-state index contributed by atoms with van der Waals surface area (Å²) in [5.74, 6) is -1.77. The number of tetrazole rings is 1. The first-order valence-corrected chi connectivity index (χ1v) is 10.5. The summed E-state index contributed by atoms with van der Waals surface area (Å²) < 4.78 is 68.8. The van der Waals surface area contributed by atoms with Crippen LogP contribution in [0.2, 0.25) is 0 Å². The van der Waals surface area contributed by atoms with Gasteiger partial charge in [-0.1, -0.05) is 6.07 Å². The molecule has 1 saturated heterocycles. The van der Waals surface area contributed by atoms with Crippen molar-refractivity contribution in [3.63, 3.8) is 0 Å². The smallest absolute Gasteiger partial charge is 0.246 e. The Kier molecular flexibility index (Phi) is 5.54. The number of nitrogens with zero attached hydrogens (tertiary/aromatic N) is 6. The van der Waals surface area contributed by atoms with Crippen molar-refractivity contribution in [1.29, 1.82) is 0 Å². The Balaban J connectivity index is 1.45. The van der Waals surface area contributed by atoms with E-state index in [1.54, 1.807) is 12.1 Å². The van der Waals surface area contributed by atoms with Gasteiger partial charge in [-0.15, -0.1) is 5.10 Å². The van der Waals surface area contributed by atoms with Gasteiger partial charge < -0.3 is 0 Å². The molecule has 4 rings (SSSR count). The van der Waals surface area contributed by atoms with Gasteiger partial charge >= 0.3 is 0 Å². The number of hydrogen-bond acceptors (Lipinski definition) is 6. The van der Waals surface area contributed by atoms with Crippen molar-refractivity contribution in [2.24, 2.45) is 0 Å². The summed E-state index contributed by atoms with van der Waals surface area (Å²) >= 11 is 0. The van der Waals surface area contributed by atoms with Gasteiger partial charge in [-0.3, -0.25) is 4.90 Å². The summed E-state index contributed by atoms with van der Waals surface area (Å²) in [6.07, 6.45) is 0. The molecule has 1 aliphatic heterocycles. The zero-order valence-corrected chi connectivity index (χ0v) is 16.4. The standard InChI is InChI=1S/C18H17F3N6O2S/c19-13-2-1-3-15(10-13)27-18(22-23-24-27)12-25-6-8-26(9-7-25)30(28,29)17-11-14(20)4-5-16(17)21/h1-5,10-11H,6-9,12H2. The highest BCUT2D eigenvalue weighted by atomic mass is 32.2. The Morgan fingerprint density at radius 1 is 0.933 bits per heavy atom. The minimum absolute atomic E-state index is 0.0970. The maximum absolute atomic E-state index is 13.9. The van der Waals surface area contributed by atoms with Crippen molar-refractivity contribution in [2.75, 3.05) is 26.2 Å². The molecule has 158 valence electrons. The van der Waals surface area contributed by atoms with Crippen molar-refractivity contribution in [1.82, 2.24) is 29.4 Å². The molecule has 0 atom stereocenters. The van der Waals surface area contributed by atoms with Gasteiger partial charge in [-0.05, 0) is 46.8 Å². The Bertz CT molecular complexity index is 1160. The molecule has 1 aromatic heterocycles. The van der Waals surface area contributed by atoms with Crippen LogP contribution in [0.1, 0.15) is 5.82 Å². The van der Waals surface area contributed by atoms with E-state index in [0.29, 0.717) is 37.2 Å². The molecular weight excluding hydrogens is 421 g/mol. The molecular formula is C18H17F3N6O2S. The summed E-state index contributed by atoms with van der Waals surface area (Å²) in [6.45, 7) is 1.18. The first-order valence-electron chi connectivity index (χ1n) is 9.05. The van der Waals surface area contributed by atoms with Crippen LogP contribution in [-0.4, -0.2) is 64.0 Å². The average Bonchev–Trinajstić information content (AvgIpc) is 3.18. The Hall–Kier alpha value is -2.83. The second-order valence-corrected chi connectivity index (χ2v) is 8.65. The highest BCUT2D eigenvalue weighted by molar-refractivity contribution is 7.89. The quantitative estimate of drug-likeness (QED) is 0.602. The lowest BCUT2D eigenvalue weighted by Crippen LogP contribution is -2.48. The predicted octanol–water partition coefficient (Wildman–Crippen LogP) is 1.59. The first kappa shape index (κ1) is 20.4. The maximum atomic E-state index is 13.9. The molecule has 2 aromatic carbocycles. The SMILES string of the molecule is O=S(=O)(c1cc(F)ccc1F)N1CCN(Cc2nnnn2-c2cccc(F)c2)CC1. The molecule has 1 fully saturated rings. The van der Waals surface area contributed by atoms with Gasteiger partial charge in [-0.2, -0.15) is 8.99 Å². The summed E-state index contributed by atoms with van der Waals surface area (Å²) in [4.78, 5) is 1.25. The van der Waals surface area contributed by atoms with Crippen LogP contribution in [0.4, 0.5) is 13.2 Å². The number of aromatic nitrogens is 4. The van der Waals surface area contributed by atoms with Gasteiger partial charge in [0.2, 0.25) is 10.0 Å². The summed E-state index contributed by atoms with van der Waals surface area (Å²) in [6, 6.07) is 8.18. The van der Waals surface area contributed by atoms with E-state index in [0.717, 1.165) is 16.4 Å². The molecule has 0 unspecified atom stereocenters. The number of hydrogen-bond donors (Lipinski definition) is 0. The molecule has 0 amide bonds. The van der Waals surface area contributed by atoms with E-state index in [9.17, 15) is 21.6 Å². The van der Waals surface area contributed by atoms with Crippen LogP contribution in [0.15, 0.2) is 47.4 Å². The molecule has 0 aliphatic carbocycles. The van der Waals surface area contributed by atoms with Crippen LogP contribution in [0.5, 0.6) is 0 Å². The van der Waals surface area contributed by atoms with Crippen LogP contribution in [0.3, 0.4) is 0 Å². The van der Waals surface area contributed by atoms with E-state index in [-0.39, 0.29) is 13.1 Å². The van der Waals surface area contributed by atoms with Crippen molar-refractivity contribution in [3.05, 3.63) is 65.7 Å². The van der Waals surface area contributed by atoms with Gasteiger partial charge in [0.05, 0.1) is 12.2 Å². The third kappa shape index (κ3) is 4.06. The Morgan fingerprint density at radius 3 is 2.40 bits per heavy atom. The fourth-order valence-electron chi connectivity index (χ4n) is 3.25. The molecule has 0 spiro atoms. The lowest BCUT2D eigenvalue weighted by atomic mass is 10.3.